The molecule has 0 radical (unpaired) electrons. The zero-order chi connectivity index (χ0) is 19.0. The van der Waals surface area contributed by atoms with Crippen molar-refractivity contribution in [3.05, 3.63) is 74.9 Å². The van der Waals surface area contributed by atoms with Gasteiger partial charge >= 0.3 is 5.97 Å². The lowest BCUT2D eigenvalue weighted by molar-refractivity contribution is -0.130. The number of hydrogen-bond acceptors (Lipinski definition) is 5. The van der Waals surface area contributed by atoms with Crippen LogP contribution in [0, 0.1) is 0 Å². The molecule has 0 unspecified atom stereocenters. The first kappa shape index (κ1) is 17.6. The molecule has 2 aliphatic rings. The Morgan fingerprint density at radius 1 is 1.07 bits per heavy atom. The first-order valence-electron chi connectivity index (χ1n) is 8.05. The molecule has 4 rings (SSSR count). The topological polar surface area (TPSA) is 57.1 Å². The van der Waals surface area contributed by atoms with Gasteiger partial charge in [0.1, 0.15) is 0 Å². The van der Waals surface area contributed by atoms with Gasteiger partial charge in [0.05, 0.1) is 10.0 Å². The van der Waals surface area contributed by atoms with E-state index in [4.69, 9.17) is 37.4 Å². The van der Waals surface area contributed by atoms with Crippen LogP contribution in [0.5, 0.6) is 11.5 Å². The monoisotopic (exact) mass is 401 g/mol. The van der Waals surface area contributed by atoms with Gasteiger partial charge in [-0.15, -0.1) is 0 Å². The molecule has 27 heavy (non-hydrogen) atoms. The van der Waals surface area contributed by atoms with Crippen LogP contribution in [0.25, 0.3) is 6.08 Å². The maximum Gasteiger partial charge on any atom is 0.363 e. The molecule has 0 amide bonds. The Balaban J connectivity index is 1.59. The van der Waals surface area contributed by atoms with Crippen molar-refractivity contribution >= 4 is 41.1 Å². The molecule has 0 spiro atoms. The second-order valence-corrected chi connectivity index (χ2v) is 6.78. The molecular formula is C20H13Cl2NO4. The molecule has 0 bridgehead atoms. The minimum Gasteiger partial charge on any atom is -0.454 e. The summed E-state index contributed by atoms with van der Waals surface area (Å²) in [6.07, 6.45) is 3.58. The highest BCUT2D eigenvalue weighted by molar-refractivity contribution is 6.42. The van der Waals surface area contributed by atoms with Crippen molar-refractivity contribution in [1.82, 2.24) is 0 Å². The molecule has 0 fully saturated rings. The van der Waals surface area contributed by atoms with Crippen LogP contribution in [0.1, 0.15) is 18.1 Å². The number of ether oxygens (including phenoxy) is 3. The van der Waals surface area contributed by atoms with E-state index in [-0.39, 0.29) is 18.4 Å². The van der Waals surface area contributed by atoms with Gasteiger partial charge < -0.3 is 14.2 Å². The molecular weight excluding hydrogens is 389 g/mol. The Kier molecular flexibility index (Phi) is 4.64. The van der Waals surface area contributed by atoms with E-state index in [1.54, 1.807) is 24.3 Å². The Labute approximate surface area is 165 Å². The number of esters is 1. The standard InChI is InChI=1S/C20H13Cl2NO4/c1-11(6-12-2-5-17-18(8-12)26-10-25-17)7-16-20(24)27-19(23-16)13-3-4-14(21)15(22)9-13/h2-9H,10H2,1H3/b11-6+,16-7-. The third-order valence-electron chi connectivity index (χ3n) is 3.94. The molecule has 5 nitrogen and oxygen atoms in total. The average molecular weight is 402 g/mol. The van der Waals surface area contributed by atoms with Crippen molar-refractivity contribution in [3.63, 3.8) is 0 Å². The molecule has 0 N–H and O–H groups in total. The second kappa shape index (κ2) is 7.10. The maximum absolute atomic E-state index is 12.1. The van der Waals surface area contributed by atoms with Gasteiger partial charge in [-0.25, -0.2) is 9.79 Å². The van der Waals surface area contributed by atoms with Gasteiger partial charge in [0.25, 0.3) is 0 Å². The minimum atomic E-state index is -0.519. The summed E-state index contributed by atoms with van der Waals surface area (Å²) in [5.74, 6) is 1.10. The van der Waals surface area contributed by atoms with Crippen LogP contribution in [-0.2, 0) is 9.53 Å². The van der Waals surface area contributed by atoms with Crippen LogP contribution in [0.3, 0.4) is 0 Å². The molecule has 0 saturated carbocycles. The summed E-state index contributed by atoms with van der Waals surface area (Å²) in [6.45, 7) is 2.10. The number of benzene rings is 2. The summed E-state index contributed by atoms with van der Waals surface area (Å²) in [6, 6.07) is 10.6. The fraction of sp³-hybridized carbons (Fsp3) is 0.100. The van der Waals surface area contributed by atoms with E-state index in [1.165, 1.54) is 0 Å². The van der Waals surface area contributed by atoms with E-state index in [1.807, 2.05) is 31.2 Å². The second-order valence-electron chi connectivity index (χ2n) is 5.97. The lowest BCUT2D eigenvalue weighted by Gasteiger charge is -2.01. The van der Waals surface area contributed by atoms with Crippen molar-refractivity contribution in [2.24, 2.45) is 4.99 Å². The number of halogens is 2. The number of rotatable bonds is 3. The molecule has 7 heteroatoms. The number of nitrogens with zero attached hydrogens (tertiary/aromatic N) is 1. The minimum absolute atomic E-state index is 0.195. The number of carbonyl (C=O) groups excluding carboxylic acids is 1. The average Bonchev–Trinajstić information content (AvgIpc) is 3.24. The first-order valence-corrected chi connectivity index (χ1v) is 8.81. The van der Waals surface area contributed by atoms with Crippen LogP contribution in [0.4, 0.5) is 0 Å². The normalized spacial score (nSPS) is 17.3. The highest BCUT2D eigenvalue weighted by Crippen LogP contribution is 2.33. The molecule has 0 aromatic heterocycles. The van der Waals surface area contributed by atoms with Crippen molar-refractivity contribution in [1.29, 1.82) is 0 Å². The zero-order valence-corrected chi connectivity index (χ0v) is 15.7. The summed E-state index contributed by atoms with van der Waals surface area (Å²) < 4.78 is 15.9. The van der Waals surface area contributed by atoms with E-state index in [0.29, 0.717) is 21.4 Å². The Hall–Kier alpha value is -2.76. The molecule has 0 saturated heterocycles. The zero-order valence-electron chi connectivity index (χ0n) is 14.2. The number of carbonyl (C=O) groups is 1. The predicted octanol–water partition coefficient (Wildman–Crippen LogP) is 5.01. The highest BCUT2D eigenvalue weighted by Gasteiger charge is 2.24. The highest BCUT2D eigenvalue weighted by atomic mass is 35.5. The number of aliphatic imine (C=N–C) groups is 1. The van der Waals surface area contributed by atoms with E-state index < -0.39 is 5.97 Å². The molecule has 0 atom stereocenters. The van der Waals surface area contributed by atoms with Gasteiger partial charge in [-0.05, 0) is 54.5 Å². The molecule has 0 aliphatic carbocycles. The van der Waals surface area contributed by atoms with Crippen molar-refractivity contribution in [2.75, 3.05) is 6.79 Å². The molecule has 2 aromatic rings. The van der Waals surface area contributed by atoms with Gasteiger partial charge in [0.15, 0.2) is 17.2 Å². The first-order chi connectivity index (χ1) is 13.0. The fourth-order valence-corrected chi connectivity index (χ4v) is 2.98. The SMILES string of the molecule is CC(/C=C1\N=C(c2ccc(Cl)c(Cl)c2)OC1=O)=C\c1ccc2c(c1)OCO2. The third kappa shape index (κ3) is 3.70. The van der Waals surface area contributed by atoms with E-state index >= 15 is 0 Å². The largest absolute Gasteiger partial charge is 0.454 e. The smallest absolute Gasteiger partial charge is 0.363 e. The lowest BCUT2D eigenvalue weighted by atomic mass is 10.1. The van der Waals surface area contributed by atoms with Crippen LogP contribution in [0.15, 0.2) is 58.7 Å². The van der Waals surface area contributed by atoms with Gasteiger partial charge in [0.2, 0.25) is 12.7 Å². The van der Waals surface area contributed by atoms with Gasteiger partial charge in [-0.3, -0.25) is 0 Å². The summed E-state index contributed by atoms with van der Waals surface area (Å²) in [5.41, 5.74) is 2.55. The third-order valence-corrected chi connectivity index (χ3v) is 4.68. The fourth-order valence-electron chi connectivity index (χ4n) is 2.68. The quantitative estimate of drug-likeness (QED) is 0.535. The number of fused-ring (bicyclic) bond motifs is 1. The summed E-state index contributed by atoms with van der Waals surface area (Å²) in [7, 11) is 0. The van der Waals surface area contributed by atoms with Crippen LogP contribution in [-0.4, -0.2) is 18.7 Å². The molecule has 136 valence electrons. The molecule has 2 heterocycles. The van der Waals surface area contributed by atoms with Crippen molar-refractivity contribution in [2.45, 2.75) is 6.92 Å². The molecule has 2 aliphatic heterocycles. The van der Waals surface area contributed by atoms with Crippen molar-refractivity contribution < 1.29 is 19.0 Å². The Bertz CT molecular complexity index is 1040. The summed E-state index contributed by atoms with van der Waals surface area (Å²) >= 11 is 11.9. The summed E-state index contributed by atoms with van der Waals surface area (Å²) in [4.78, 5) is 16.4. The Morgan fingerprint density at radius 3 is 2.70 bits per heavy atom. The maximum atomic E-state index is 12.1. The number of cyclic esters (lactones) is 1. The van der Waals surface area contributed by atoms with Gasteiger partial charge in [-0.2, -0.15) is 0 Å². The van der Waals surface area contributed by atoms with Gasteiger partial charge in [0, 0.05) is 5.56 Å². The van der Waals surface area contributed by atoms with E-state index in [0.717, 1.165) is 16.9 Å². The predicted molar refractivity (Wildman–Crippen MR) is 103 cm³/mol. The van der Waals surface area contributed by atoms with Gasteiger partial charge in [-0.1, -0.05) is 35.3 Å². The van der Waals surface area contributed by atoms with Crippen LogP contribution < -0.4 is 9.47 Å². The Morgan fingerprint density at radius 2 is 1.89 bits per heavy atom. The molecule has 2 aromatic carbocycles. The van der Waals surface area contributed by atoms with E-state index in [2.05, 4.69) is 4.99 Å². The van der Waals surface area contributed by atoms with Crippen molar-refractivity contribution in [3.8, 4) is 11.5 Å². The van der Waals surface area contributed by atoms with Crippen LogP contribution >= 0.6 is 23.2 Å². The number of hydrogen-bond donors (Lipinski definition) is 0. The summed E-state index contributed by atoms with van der Waals surface area (Å²) in [5, 5.41) is 0.785. The lowest BCUT2D eigenvalue weighted by Crippen LogP contribution is -2.05. The number of allylic oxidation sites excluding steroid dienone is 2. The van der Waals surface area contributed by atoms with Crippen LogP contribution in [0.2, 0.25) is 10.0 Å². The van der Waals surface area contributed by atoms with E-state index in [9.17, 15) is 4.79 Å².